The number of aromatic nitrogens is 1. The minimum Gasteiger partial charge on any atom is -0.494 e. The molecule has 2 atom stereocenters. The number of carbonyl (C=O) groups excluding carboxylic acids is 2. The monoisotopic (exact) mass is 819 g/mol. The van der Waals surface area contributed by atoms with Crippen LogP contribution in [0.3, 0.4) is 0 Å². The minimum atomic E-state index is -4.98. The fraction of sp³-hybridized carbons (Fsp3) is 0.295. The molecule has 1 amide bonds. The van der Waals surface area contributed by atoms with E-state index in [1.165, 1.54) is 36.8 Å². The number of pyridine rings is 1. The molecule has 1 aliphatic rings. The Labute approximate surface area is 337 Å². The van der Waals surface area contributed by atoms with Crippen molar-refractivity contribution >= 4 is 17.9 Å². The normalized spacial score (nSPS) is 14.2. The van der Waals surface area contributed by atoms with Gasteiger partial charge in [0, 0.05) is 29.7 Å². The highest BCUT2D eigenvalue weighted by molar-refractivity contribution is 5.90. The highest BCUT2D eigenvalue weighted by Crippen LogP contribution is 2.44. The van der Waals surface area contributed by atoms with Gasteiger partial charge in [-0.2, -0.15) is 13.2 Å². The van der Waals surface area contributed by atoms with Crippen molar-refractivity contribution in [2.45, 2.75) is 45.1 Å². The Morgan fingerprint density at radius 2 is 1.59 bits per heavy atom. The van der Waals surface area contributed by atoms with Crippen molar-refractivity contribution in [3.05, 3.63) is 152 Å². The molecule has 0 bridgehead atoms. The van der Waals surface area contributed by atoms with Crippen molar-refractivity contribution in [1.82, 2.24) is 9.88 Å². The van der Waals surface area contributed by atoms with E-state index >= 15 is 13.6 Å². The number of ether oxygens (including phenoxy) is 4. The first-order valence-electron chi connectivity index (χ1n) is 18.8. The predicted molar refractivity (Wildman–Crippen MR) is 209 cm³/mol. The highest BCUT2D eigenvalue weighted by Gasteiger charge is 2.43. The molecule has 2 heterocycles. The van der Waals surface area contributed by atoms with Gasteiger partial charge in [-0.1, -0.05) is 78.9 Å². The van der Waals surface area contributed by atoms with E-state index in [1.54, 1.807) is 67.6 Å². The van der Waals surface area contributed by atoms with Crippen molar-refractivity contribution in [1.29, 1.82) is 0 Å². The smallest absolute Gasteiger partial charge is 0.416 e. The van der Waals surface area contributed by atoms with Crippen LogP contribution in [0.5, 0.6) is 5.75 Å². The van der Waals surface area contributed by atoms with Crippen LogP contribution in [0.15, 0.2) is 102 Å². The van der Waals surface area contributed by atoms with Crippen molar-refractivity contribution in [3.8, 4) is 16.9 Å². The number of rotatable bonds is 15. The molecule has 0 aliphatic carbocycles. The Morgan fingerprint density at radius 1 is 0.898 bits per heavy atom. The number of anilines is 1. The van der Waals surface area contributed by atoms with Crippen molar-refractivity contribution in [2.24, 2.45) is 0 Å². The second kappa shape index (κ2) is 18.7. The molecule has 5 aromatic rings. The third kappa shape index (κ3) is 9.31. The number of esters is 1. The van der Waals surface area contributed by atoms with Gasteiger partial charge >= 0.3 is 18.2 Å². The lowest BCUT2D eigenvalue weighted by atomic mass is 9.91. The Bertz CT molecular complexity index is 2340. The maximum Gasteiger partial charge on any atom is 0.416 e. The Kier molecular flexibility index (Phi) is 13.5. The molecule has 1 aromatic heterocycles. The SMILES string of the molecule is CCOC(=O)COCCNC(c1ccccc1)[C@H]1CN(C(=O)OCc2ccccc2)c2c(Cc3c(F)cccc3C(F)(F)F)c(C)c(-c3cccc(OC)c3F)c(=O)n21. The van der Waals surface area contributed by atoms with Gasteiger partial charge in [0.2, 0.25) is 0 Å². The van der Waals surface area contributed by atoms with Crippen LogP contribution in [0.25, 0.3) is 11.1 Å². The van der Waals surface area contributed by atoms with Gasteiger partial charge in [0.15, 0.2) is 11.6 Å². The van der Waals surface area contributed by atoms with E-state index in [0.717, 1.165) is 23.1 Å². The summed E-state index contributed by atoms with van der Waals surface area (Å²) >= 11 is 0. The van der Waals surface area contributed by atoms with Crippen LogP contribution in [0.4, 0.5) is 32.6 Å². The number of nitrogens with one attached hydrogen (secondary N) is 1. The molecule has 15 heteroatoms. The number of amides is 1. The first-order valence-corrected chi connectivity index (χ1v) is 18.8. The lowest BCUT2D eigenvalue weighted by Crippen LogP contribution is -2.38. The van der Waals surface area contributed by atoms with E-state index < -0.39 is 65.1 Å². The van der Waals surface area contributed by atoms with Crippen molar-refractivity contribution in [3.63, 3.8) is 0 Å². The number of alkyl halides is 3. The number of hydrogen-bond donors (Lipinski definition) is 1. The van der Waals surface area contributed by atoms with E-state index in [0.29, 0.717) is 11.1 Å². The third-order valence-corrected chi connectivity index (χ3v) is 10.1. The lowest BCUT2D eigenvalue weighted by molar-refractivity contribution is -0.148. The first kappa shape index (κ1) is 42.5. The molecule has 4 aromatic carbocycles. The summed E-state index contributed by atoms with van der Waals surface area (Å²) in [6.07, 6.45) is -6.65. The average Bonchev–Trinajstić information content (AvgIpc) is 3.62. The summed E-state index contributed by atoms with van der Waals surface area (Å²) < 4.78 is 98.1. The van der Waals surface area contributed by atoms with Gasteiger partial charge in [-0.15, -0.1) is 0 Å². The van der Waals surface area contributed by atoms with Crippen molar-refractivity contribution in [2.75, 3.05) is 44.9 Å². The summed E-state index contributed by atoms with van der Waals surface area (Å²) in [6.45, 7) is 2.66. The van der Waals surface area contributed by atoms with E-state index in [-0.39, 0.29) is 73.3 Å². The van der Waals surface area contributed by atoms with Gasteiger partial charge in [-0.3, -0.25) is 14.3 Å². The van der Waals surface area contributed by atoms with Crippen LogP contribution >= 0.6 is 0 Å². The predicted octanol–water partition coefficient (Wildman–Crippen LogP) is 8.33. The second-order valence-electron chi connectivity index (χ2n) is 13.7. The molecule has 1 aliphatic heterocycles. The molecule has 0 saturated heterocycles. The van der Waals surface area contributed by atoms with Crippen LogP contribution < -0.4 is 20.5 Å². The zero-order chi connectivity index (χ0) is 42.3. The minimum absolute atomic E-state index is 0.0166. The zero-order valence-corrected chi connectivity index (χ0v) is 32.5. The van der Waals surface area contributed by atoms with Gasteiger partial charge in [0.25, 0.3) is 5.56 Å². The summed E-state index contributed by atoms with van der Waals surface area (Å²) in [5, 5.41) is 3.36. The number of halogens is 5. The quantitative estimate of drug-likeness (QED) is 0.0639. The third-order valence-electron chi connectivity index (χ3n) is 10.1. The number of carbonyl (C=O) groups is 2. The fourth-order valence-corrected chi connectivity index (χ4v) is 7.36. The molecule has 0 saturated carbocycles. The molecule has 0 fully saturated rings. The van der Waals surface area contributed by atoms with Crippen molar-refractivity contribution < 1.29 is 50.5 Å². The molecule has 0 radical (unpaired) electrons. The standard InChI is InChI=1S/C44H42F5N3O7/c1-4-58-37(53)26-57-22-21-50-40(29-15-9-6-10-16-29)35-24-51(43(55)59-25-28-13-7-5-8-14-28)41-31(23-32-33(44(47,48)49)18-12-19-34(32)45)27(2)38(42(54)52(35)41)30-17-11-20-36(56-3)39(30)46/h5-20,35,40,50H,4,21-26H2,1-3H3/t35-,40?/m1/s1. The van der Waals surface area contributed by atoms with Crippen LogP contribution in [0.1, 0.15) is 52.4 Å². The largest absolute Gasteiger partial charge is 0.494 e. The Morgan fingerprint density at radius 3 is 2.27 bits per heavy atom. The van der Waals surface area contributed by atoms with Crippen LogP contribution in [-0.4, -0.2) is 56.6 Å². The van der Waals surface area contributed by atoms with E-state index in [4.69, 9.17) is 18.9 Å². The summed E-state index contributed by atoms with van der Waals surface area (Å²) in [7, 11) is 1.24. The molecular weight excluding hydrogens is 777 g/mol. The average molecular weight is 820 g/mol. The van der Waals surface area contributed by atoms with E-state index in [2.05, 4.69) is 5.32 Å². The van der Waals surface area contributed by atoms with Gasteiger partial charge in [-0.05, 0) is 48.7 Å². The maximum absolute atomic E-state index is 16.2. The summed E-state index contributed by atoms with van der Waals surface area (Å²) in [6, 6.07) is 22.6. The number of methoxy groups -OCH3 is 1. The Hall–Kier alpha value is -6.06. The van der Waals surface area contributed by atoms with Crippen LogP contribution in [-0.2, 0) is 38.2 Å². The molecule has 59 heavy (non-hydrogen) atoms. The van der Waals surface area contributed by atoms with Crippen LogP contribution in [0, 0.1) is 18.6 Å². The topological polar surface area (TPSA) is 108 Å². The number of nitrogens with zero attached hydrogens (tertiary/aromatic N) is 2. The molecular formula is C44H42F5N3O7. The Balaban J connectivity index is 1.58. The van der Waals surface area contributed by atoms with Gasteiger partial charge in [0.1, 0.15) is 24.8 Å². The summed E-state index contributed by atoms with van der Waals surface area (Å²) in [5.41, 5.74) is -1.94. The first-order chi connectivity index (χ1) is 28.3. The molecule has 0 spiro atoms. The van der Waals surface area contributed by atoms with E-state index in [9.17, 15) is 22.8 Å². The number of hydrogen-bond acceptors (Lipinski definition) is 8. The fourth-order valence-electron chi connectivity index (χ4n) is 7.36. The maximum atomic E-state index is 16.2. The van der Waals surface area contributed by atoms with E-state index in [1.807, 2.05) is 0 Å². The number of benzene rings is 4. The summed E-state index contributed by atoms with van der Waals surface area (Å²) in [4.78, 5) is 42.5. The highest BCUT2D eigenvalue weighted by atomic mass is 19.4. The molecule has 1 N–H and O–H groups in total. The molecule has 6 rings (SSSR count). The van der Waals surface area contributed by atoms with Gasteiger partial charge in [-0.25, -0.2) is 18.4 Å². The molecule has 1 unspecified atom stereocenters. The van der Waals surface area contributed by atoms with Gasteiger partial charge in [0.05, 0.1) is 50.1 Å². The lowest BCUT2D eigenvalue weighted by Gasteiger charge is -2.28. The summed E-state index contributed by atoms with van der Waals surface area (Å²) in [5.74, 6) is -2.97. The van der Waals surface area contributed by atoms with Gasteiger partial charge < -0.3 is 24.3 Å². The van der Waals surface area contributed by atoms with Crippen LogP contribution in [0.2, 0.25) is 0 Å². The second-order valence-corrected chi connectivity index (χ2v) is 13.7. The zero-order valence-electron chi connectivity index (χ0n) is 32.5. The molecule has 10 nitrogen and oxygen atoms in total. The molecule has 310 valence electrons. The number of fused-ring (bicyclic) bond motifs is 1.